The van der Waals surface area contributed by atoms with E-state index in [1.54, 1.807) is 0 Å². The van der Waals surface area contributed by atoms with E-state index in [1.807, 2.05) is 0 Å². The molecule has 3 rings (SSSR count). The first-order chi connectivity index (χ1) is 11.8. The summed E-state index contributed by atoms with van der Waals surface area (Å²) in [4.78, 5) is 0. The monoisotopic (exact) mass is 330 g/mol. The number of rotatable bonds is 3. The summed E-state index contributed by atoms with van der Waals surface area (Å²) in [5, 5.41) is 0. The zero-order valence-corrected chi connectivity index (χ0v) is 16.7. The molecular weight excluding hydrogens is 300 g/mol. The van der Waals surface area contributed by atoms with Gasteiger partial charge < -0.3 is 0 Å². The minimum Gasteiger partial charge on any atom is -0.0619 e. The van der Waals surface area contributed by atoms with E-state index in [-0.39, 0.29) is 5.41 Å². The number of benzene rings is 2. The van der Waals surface area contributed by atoms with Gasteiger partial charge in [-0.1, -0.05) is 81.8 Å². The Bertz CT molecular complexity index is 872. The van der Waals surface area contributed by atoms with Crippen LogP contribution in [0.5, 0.6) is 0 Å². The second-order valence-electron chi connectivity index (χ2n) is 8.16. The number of hydrogen-bond acceptors (Lipinski definition) is 0. The molecule has 0 aliphatic heterocycles. The Balaban J connectivity index is 2.23. The third kappa shape index (κ3) is 2.78. The van der Waals surface area contributed by atoms with Crippen LogP contribution in [0.4, 0.5) is 0 Å². The van der Waals surface area contributed by atoms with Crippen LogP contribution in [0, 0.1) is 0 Å². The molecule has 0 nitrogen and oxygen atoms in total. The molecule has 0 unspecified atom stereocenters. The van der Waals surface area contributed by atoms with E-state index in [1.165, 1.54) is 44.5 Å². The van der Waals surface area contributed by atoms with Gasteiger partial charge in [0.15, 0.2) is 0 Å². The van der Waals surface area contributed by atoms with Crippen LogP contribution in [0.1, 0.15) is 76.6 Å². The predicted octanol–water partition coefficient (Wildman–Crippen LogP) is 7.37. The molecule has 2 aromatic rings. The molecule has 25 heavy (non-hydrogen) atoms. The Morgan fingerprint density at radius 2 is 1.44 bits per heavy atom. The van der Waals surface area contributed by atoms with Crippen molar-refractivity contribution in [2.45, 2.75) is 59.8 Å². The van der Waals surface area contributed by atoms with Gasteiger partial charge in [-0.05, 0) is 65.7 Å². The van der Waals surface area contributed by atoms with Crippen LogP contribution in [0.3, 0.4) is 0 Å². The summed E-state index contributed by atoms with van der Waals surface area (Å²) in [6, 6.07) is 17.8. The maximum absolute atomic E-state index is 2.35. The summed E-state index contributed by atoms with van der Waals surface area (Å²) < 4.78 is 0. The van der Waals surface area contributed by atoms with Crippen LogP contribution >= 0.6 is 0 Å². The molecule has 0 N–H and O–H groups in total. The number of allylic oxidation sites excluding steroid dienone is 4. The average molecular weight is 331 g/mol. The first kappa shape index (κ1) is 17.7. The molecule has 0 atom stereocenters. The van der Waals surface area contributed by atoms with E-state index >= 15 is 0 Å². The second-order valence-corrected chi connectivity index (χ2v) is 8.16. The summed E-state index contributed by atoms with van der Waals surface area (Å²) >= 11 is 0. The Kier molecular flexibility index (Phi) is 4.49. The summed E-state index contributed by atoms with van der Waals surface area (Å²) in [5.41, 5.74) is 11.5. The molecule has 0 amide bonds. The highest BCUT2D eigenvalue weighted by Crippen LogP contribution is 2.49. The fraction of sp³-hybridized carbons (Fsp3) is 0.360. The Labute approximate surface area is 153 Å². The van der Waals surface area contributed by atoms with Crippen molar-refractivity contribution in [1.29, 1.82) is 0 Å². The fourth-order valence-corrected chi connectivity index (χ4v) is 4.18. The van der Waals surface area contributed by atoms with Crippen LogP contribution in [0.15, 0.2) is 59.7 Å². The first-order valence-electron chi connectivity index (χ1n) is 9.35. The molecule has 1 aliphatic rings. The van der Waals surface area contributed by atoms with Gasteiger partial charge in [0.05, 0.1) is 0 Å². The Hall–Kier alpha value is -2.08. The van der Waals surface area contributed by atoms with Crippen LogP contribution in [-0.4, -0.2) is 0 Å². The number of fused-ring (bicyclic) bond motifs is 1. The normalized spacial score (nSPS) is 17.0. The van der Waals surface area contributed by atoms with Crippen molar-refractivity contribution in [2.24, 2.45) is 0 Å². The quantitative estimate of drug-likeness (QED) is 0.551. The van der Waals surface area contributed by atoms with Gasteiger partial charge in [0.1, 0.15) is 0 Å². The smallest absolute Gasteiger partial charge is 0.0118 e. The predicted molar refractivity (Wildman–Crippen MR) is 111 cm³/mol. The molecule has 0 aromatic heterocycles. The van der Waals surface area contributed by atoms with Crippen LogP contribution in [0.2, 0.25) is 0 Å². The van der Waals surface area contributed by atoms with E-state index in [4.69, 9.17) is 0 Å². The Morgan fingerprint density at radius 1 is 0.840 bits per heavy atom. The molecule has 0 heterocycles. The zero-order valence-electron chi connectivity index (χ0n) is 16.7. The van der Waals surface area contributed by atoms with Gasteiger partial charge in [0.2, 0.25) is 0 Å². The van der Waals surface area contributed by atoms with Crippen molar-refractivity contribution in [3.8, 4) is 0 Å². The van der Waals surface area contributed by atoms with Crippen LogP contribution < -0.4 is 0 Å². The molecular formula is C25H30. The molecule has 0 fully saturated rings. The van der Waals surface area contributed by atoms with E-state index in [9.17, 15) is 0 Å². The van der Waals surface area contributed by atoms with Crippen molar-refractivity contribution in [3.05, 3.63) is 81.9 Å². The van der Waals surface area contributed by atoms with Gasteiger partial charge in [-0.2, -0.15) is 0 Å². The van der Waals surface area contributed by atoms with E-state index in [0.29, 0.717) is 5.92 Å². The highest BCUT2D eigenvalue weighted by atomic mass is 14.4. The lowest BCUT2D eigenvalue weighted by atomic mass is 9.82. The summed E-state index contributed by atoms with van der Waals surface area (Å²) in [7, 11) is 0. The highest BCUT2D eigenvalue weighted by Gasteiger charge is 2.35. The largest absolute Gasteiger partial charge is 0.0619 e. The van der Waals surface area contributed by atoms with Gasteiger partial charge in [-0.15, -0.1) is 0 Å². The fourth-order valence-electron chi connectivity index (χ4n) is 4.18. The molecule has 0 heteroatoms. The van der Waals surface area contributed by atoms with Crippen molar-refractivity contribution < 1.29 is 0 Å². The van der Waals surface area contributed by atoms with Crippen molar-refractivity contribution in [2.75, 3.05) is 0 Å². The average Bonchev–Trinajstić information content (AvgIpc) is 2.80. The molecule has 0 saturated carbocycles. The van der Waals surface area contributed by atoms with Crippen molar-refractivity contribution in [3.63, 3.8) is 0 Å². The lowest BCUT2D eigenvalue weighted by Gasteiger charge is -2.22. The van der Waals surface area contributed by atoms with E-state index < -0.39 is 0 Å². The summed E-state index contributed by atoms with van der Waals surface area (Å²) in [6.07, 6.45) is 0. The lowest BCUT2D eigenvalue weighted by molar-refractivity contribution is 0.639. The van der Waals surface area contributed by atoms with Crippen LogP contribution in [0.25, 0.3) is 11.1 Å². The second kappa shape index (κ2) is 6.33. The molecule has 0 saturated heterocycles. The highest BCUT2D eigenvalue weighted by molar-refractivity contribution is 5.94. The molecule has 0 bridgehead atoms. The molecule has 0 radical (unpaired) electrons. The zero-order chi connectivity index (χ0) is 18.4. The maximum atomic E-state index is 2.35. The molecule has 0 spiro atoms. The van der Waals surface area contributed by atoms with E-state index in [2.05, 4.69) is 97.0 Å². The third-order valence-electron chi connectivity index (χ3n) is 6.11. The minimum atomic E-state index is 0.102. The van der Waals surface area contributed by atoms with Crippen molar-refractivity contribution in [1.82, 2.24) is 0 Å². The topological polar surface area (TPSA) is 0 Å². The number of hydrogen-bond donors (Lipinski definition) is 0. The SMILES string of the molecule is CC1=C(/C(C)=C(\C)c2ccccc2C(C)C)c2ccccc2C1(C)C. The van der Waals surface area contributed by atoms with Gasteiger partial charge in [0.25, 0.3) is 0 Å². The van der Waals surface area contributed by atoms with Gasteiger partial charge >= 0.3 is 0 Å². The molecule has 1 aliphatic carbocycles. The maximum Gasteiger partial charge on any atom is 0.0118 e. The van der Waals surface area contributed by atoms with Crippen molar-refractivity contribution >= 4 is 11.1 Å². The summed E-state index contributed by atoms with van der Waals surface area (Å²) in [6.45, 7) is 16.1. The minimum absolute atomic E-state index is 0.102. The standard InChI is InChI=1S/C25H30/c1-16(2)20-12-8-9-13-21(20)17(3)18(4)24-19(5)25(6,7)23-15-11-10-14-22(23)24/h8-16H,1-7H3/b18-17+. The first-order valence-corrected chi connectivity index (χ1v) is 9.35. The van der Waals surface area contributed by atoms with Gasteiger partial charge in [0, 0.05) is 5.41 Å². The van der Waals surface area contributed by atoms with Crippen LogP contribution in [-0.2, 0) is 5.41 Å². The lowest BCUT2D eigenvalue weighted by Crippen LogP contribution is -2.15. The van der Waals surface area contributed by atoms with Gasteiger partial charge in [-0.3, -0.25) is 0 Å². The third-order valence-corrected chi connectivity index (χ3v) is 6.11. The molecule has 2 aromatic carbocycles. The Morgan fingerprint density at radius 3 is 2.12 bits per heavy atom. The summed E-state index contributed by atoms with van der Waals surface area (Å²) in [5.74, 6) is 0.529. The van der Waals surface area contributed by atoms with E-state index in [0.717, 1.165) is 0 Å². The molecule has 130 valence electrons. The van der Waals surface area contributed by atoms with Gasteiger partial charge in [-0.25, -0.2) is 0 Å².